The largest absolute Gasteiger partial charge is 0.481 e. The van der Waals surface area contributed by atoms with Gasteiger partial charge in [-0.3, -0.25) is 14.9 Å². The third kappa shape index (κ3) is 3.32. The van der Waals surface area contributed by atoms with Gasteiger partial charge in [-0.05, 0) is 24.3 Å². The summed E-state index contributed by atoms with van der Waals surface area (Å²) in [5.74, 6) is -1.72. The molecule has 0 aromatic heterocycles. The zero-order valence-electron chi connectivity index (χ0n) is 11.8. The average Bonchev–Trinajstić information content (AvgIpc) is 2.69. The van der Waals surface area contributed by atoms with E-state index < -0.39 is 16.8 Å². The van der Waals surface area contributed by atoms with E-state index in [0.29, 0.717) is 5.56 Å². The minimum Gasteiger partial charge on any atom is -0.481 e. The van der Waals surface area contributed by atoms with E-state index in [1.807, 2.05) is 0 Å². The highest BCUT2D eigenvalue weighted by Crippen LogP contribution is 2.39. The molecule has 0 radical (unpaired) electrons. The van der Waals surface area contributed by atoms with Crippen molar-refractivity contribution < 1.29 is 14.8 Å². The number of nitrogens with zero attached hydrogens (tertiary/aromatic N) is 1. The van der Waals surface area contributed by atoms with Gasteiger partial charge < -0.3 is 10.8 Å². The minimum absolute atomic E-state index is 0.00527. The predicted octanol–water partition coefficient (Wildman–Crippen LogP) is 3.32. The maximum atomic E-state index is 11.7. The molecule has 0 spiro atoms. The van der Waals surface area contributed by atoms with Crippen LogP contribution in [0.4, 0.5) is 11.4 Å². The van der Waals surface area contributed by atoms with Crippen molar-refractivity contribution in [1.29, 1.82) is 0 Å². The van der Waals surface area contributed by atoms with Crippen LogP contribution in [-0.2, 0) is 4.79 Å². The van der Waals surface area contributed by atoms with Gasteiger partial charge in [0.2, 0.25) is 0 Å². The SMILES string of the molecule is Nc1c(C(C(=O)O)C2CCCCCC2)cccc1[N+](=O)[O-]. The maximum absolute atomic E-state index is 11.7. The summed E-state index contributed by atoms with van der Waals surface area (Å²) in [6, 6.07) is 4.42. The Bertz CT molecular complexity index is 536. The van der Waals surface area contributed by atoms with Gasteiger partial charge in [-0.1, -0.05) is 37.8 Å². The molecule has 1 atom stereocenters. The fourth-order valence-electron chi connectivity index (χ4n) is 3.23. The van der Waals surface area contributed by atoms with Gasteiger partial charge in [0.25, 0.3) is 5.69 Å². The molecular formula is C15H20N2O4. The number of aliphatic carboxylic acids is 1. The van der Waals surface area contributed by atoms with Crippen molar-refractivity contribution in [3.05, 3.63) is 33.9 Å². The van der Waals surface area contributed by atoms with E-state index in [-0.39, 0.29) is 17.3 Å². The van der Waals surface area contributed by atoms with Crippen molar-refractivity contribution >= 4 is 17.3 Å². The molecule has 1 unspecified atom stereocenters. The monoisotopic (exact) mass is 292 g/mol. The Kier molecular flexibility index (Phi) is 4.77. The summed E-state index contributed by atoms with van der Waals surface area (Å²) in [6.45, 7) is 0. The van der Waals surface area contributed by atoms with Crippen molar-refractivity contribution in [2.75, 3.05) is 5.73 Å². The van der Waals surface area contributed by atoms with E-state index >= 15 is 0 Å². The molecule has 1 aliphatic carbocycles. The Morgan fingerprint density at radius 3 is 2.43 bits per heavy atom. The number of nitro groups is 1. The second-order valence-corrected chi connectivity index (χ2v) is 5.60. The van der Waals surface area contributed by atoms with Gasteiger partial charge in [0, 0.05) is 6.07 Å². The molecule has 6 nitrogen and oxygen atoms in total. The first kappa shape index (κ1) is 15.3. The van der Waals surface area contributed by atoms with Crippen molar-refractivity contribution in [3.63, 3.8) is 0 Å². The smallest absolute Gasteiger partial charge is 0.311 e. The molecule has 1 aliphatic rings. The Labute approximate surface area is 123 Å². The lowest BCUT2D eigenvalue weighted by molar-refractivity contribution is -0.384. The lowest BCUT2D eigenvalue weighted by Gasteiger charge is -2.23. The first-order valence-electron chi connectivity index (χ1n) is 7.28. The number of anilines is 1. The van der Waals surface area contributed by atoms with E-state index in [1.54, 1.807) is 6.07 Å². The quantitative estimate of drug-likeness (QED) is 0.383. The molecule has 1 aromatic carbocycles. The number of nitrogens with two attached hydrogens (primary N) is 1. The Balaban J connectivity index is 2.40. The number of carbonyl (C=O) groups is 1. The van der Waals surface area contributed by atoms with Crippen molar-refractivity contribution in [2.45, 2.75) is 44.4 Å². The highest BCUT2D eigenvalue weighted by Gasteiger charge is 2.33. The molecule has 1 fully saturated rings. The molecule has 1 aromatic rings. The number of rotatable bonds is 4. The van der Waals surface area contributed by atoms with Crippen molar-refractivity contribution in [1.82, 2.24) is 0 Å². The molecule has 114 valence electrons. The number of benzene rings is 1. The van der Waals surface area contributed by atoms with Gasteiger partial charge in [0.15, 0.2) is 0 Å². The second kappa shape index (κ2) is 6.56. The summed E-state index contributed by atoms with van der Waals surface area (Å²) in [7, 11) is 0. The molecule has 6 heteroatoms. The van der Waals surface area contributed by atoms with Crippen LogP contribution in [0.5, 0.6) is 0 Å². The summed E-state index contributed by atoms with van der Waals surface area (Å²) < 4.78 is 0. The maximum Gasteiger partial charge on any atom is 0.311 e. The van der Waals surface area contributed by atoms with Gasteiger partial charge in [-0.25, -0.2) is 0 Å². The summed E-state index contributed by atoms with van der Waals surface area (Å²) in [5.41, 5.74) is 6.01. The van der Waals surface area contributed by atoms with Crippen LogP contribution in [0, 0.1) is 16.0 Å². The summed E-state index contributed by atoms with van der Waals surface area (Å²) in [5, 5.41) is 20.6. The van der Waals surface area contributed by atoms with Crippen LogP contribution in [0.3, 0.4) is 0 Å². The van der Waals surface area contributed by atoms with Crippen LogP contribution in [0.1, 0.15) is 50.0 Å². The Hall–Kier alpha value is -2.11. The topological polar surface area (TPSA) is 106 Å². The van der Waals surface area contributed by atoms with E-state index in [4.69, 9.17) is 5.73 Å². The molecule has 21 heavy (non-hydrogen) atoms. The Morgan fingerprint density at radius 1 is 1.29 bits per heavy atom. The number of nitro benzene ring substituents is 1. The number of hydrogen-bond acceptors (Lipinski definition) is 4. The third-order valence-corrected chi connectivity index (χ3v) is 4.29. The molecule has 0 aliphatic heterocycles. The number of para-hydroxylation sites is 1. The Morgan fingerprint density at radius 2 is 1.90 bits per heavy atom. The molecule has 1 saturated carbocycles. The fourth-order valence-corrected chi connectivity index (χ4v) is 3.23. The summed E-state index contributed by atoms with van der Waals surface area (Å²) in [4.78, 5) is 22.1. The first-order valence-corrected chi connectivity index (χ1v) is 7.28. The van der Waals surface area contributed by atoms with E-state index in [1.165, 1.54) is 12.1 Å². The zero-order valence-corrected chi connectivity index (χ0v) is 11.8. The minimum atomic E-state index is -0.950. The number of carboxylic acids is 1. The lowest BCUT2D eigenvalue weighted by atomic mass is 9.80. The summed E-state index contributed by atoms with van der Waals surface area (Å²) in [6.07, 6.45) is 5.91. The normalized spacial score (nSPS) is 17.9. The van der Waals surface area contributed by atoms with Crippen LogP contribution in [0.25, 0.3) is 0 Å². The number of carboxylic acid groups (broad SMARTS) is 1. The van der Waals surface area contributed by atoms with Crippen molar-refractivity contribution in [3.8, 4) is 0 Å². The number of hydrogen-bond donors (Lipinski definition) is 2. The lowest BCUT2D eigenvalue weighted by Crippen LogP contribution is -2.22. The molecule has 0 bridgehead atoms. The molecular weight excluding hydrogens is 272 g/mol. The van der Waals surface area contributed by atoms with Crippen LogP contribution in [0.15, 0.2) is 18.2 Å². The first-order chi connectivity index (χ1) is 10.0. The van der Waals surface area contributed by atoms with E-state index in [0.717, 1.165) is 38.5 Å². The van der Waals surface area contributed by atoms with Crippen LogP contribution < -0.4 is 5.73 Å². The highest BCUT2D eigenvalue weighted by molar-refractivity contribution is 5.81. The molecule has 2 rings (SSSR count). The third-order valence-electron chi connectivity index (χ3n) is 4.29. The van der Waals surface area contributed by atoms with Crippen molar-refractivity contribution in [2.24, 2.45) is 5.92 Å². The van der Waals surface area contributed by atoms with E-state index in [2.05, 4.69) is 0 Å². The summed E-state index contributed by atoms with van der Waals surface area (Å²) >= 11 is 0. The zero-order chi connectivity index (χ0) is 15.4. The van der Waals surface area contributed by atoms with Gasteiger partial charge in [-0.15, -0.1) is 0 Å². The van der Waals surface area contributed by atoms with Gasteiger partial charge >= 0.3 is 5.97 Å². The number of nitrogen functional groups attached to an aromatic ring is 1. The van der Waals surface area contributed by atoms with Gasteiger partial charge in [-0.2, -0.15) is 0 Å². The van der Waals surface area contributed by atoms with Crippen LogP contribution in [-0.4, -0.2) is 16.0 Å². The van der Waals surface area contributed by atoms with Crippen LogP contribution >= 0.6 is 0 Å². The fraction of sp³-hybridized carbons (Fsp3) is 0.533. The average molecular weight is 292 g/mol. The highest BCUT2D eigenvalue weighted by atomic mass is 16.6. The molecule has 0 amide bonds. The molecule has 0 heterocycles. The van der Waals surface area contributed by atoms with Gasteiger partial charge in [0.1, 0.15) is 5.69 Å². The molecule has 3 N–H and O–H groups in total. The second-order valence-electron chi connectivity index (χ2n) is 5.60. The predicted molar refractivity (Wildman–Crippen MR) is 79.1 cm³/mol. The van der Waals surface area contributed by atoms with Crippen LogP contribution in [0.2, 0.25) is 0 Å². The standard InChI is InChI=1S/C15H20N2O4/c16-14-11(8-5-9-12(14)17(20)21)13(15(18)19)10-6-3-1-2-4-7-10/h5,8-10,13H,1-4,6-7,16H2,(H,18,19). The van der Waals surface area contributed by atoms with Gasteiger partial charge in [0.05, 0.1) is 10.8 Å². The van der Waals surface area contributed by atoms with E-state index in [9.17, 15) is 20.0 Å². The molecule has 0 saturated heterocycles.